The number of nitrogens with one attached hydrogen (secondary N) is 2. The molecule has 4 N–H and O–H groups in total. The normalized spacial score (nSPS) is 11.2. The minimum absolute atomic E-state index is 0.0540. The Balaban J connectivity index is 1.39. The van der Waals surface area contributed by atoms with Crippen molar-refractivity contribution in [3.05, 3.63) is 65.1 Å². The van der Waals surface area contributed by atoms with Crippen LogP contribution in [0.25, 0.3) is 0 Å². The number of amides is 2. The molecule has 1 aromatic carbocycles. The van der Waals surface area contributed by atoms with Gasteiger partial charge < -0.3 is 9.73 Å². The zero-order chi connectivity index (χ0) is 21.6. The summed E-state index contributed by atoms with van der Waals surface area (Å²) < 4.78 is 27.5. The zero-order valence-corrected chi connectivity index (χ0v) is 17.5. The minimum atomic E-state index is -3.71. The maximum Gasteiger partial charge on any atom is 0.293 e. The number of carbonyl (C=O) groups excluding carboxylic acids is 2. The summed E-state index contributed by atoms with van der Waals surface area (Å²) in [4.78, 5) is 28.3. The van der Waals surface area contributed by atoms with Crippen LogP contribution in [0.5, 0.6) is 0 Å². The number of nitrogens with two attached hydrogens (primary N) is 1. The lowest BCUT2D eigenvalue weighted by molar-refractivity contribution is -0.121. The molecule has 0 atom stereocenters. The number of carbonyl (C=O) groups is 2. The molecular formula is C19H20N4O5S2. The highest BCUT2D eigenvalue weighted by Gasteiger charge is 2.12. The second kappa shape index (κ2) is 9.65. The molecule has 0 aliphatic rings. The Hall–Kier alpha value is -3.02. The summed E-state index contributed by atoms with van der Waals surface area (Å²) in [5, 5.41) is 12.8. The second-order valence-corrected chi connectivity index (χ2v) is 8.78. The fourth-order valence-corrected chi connectivity index (χ4v) is 3.82. The predicted molar refractivity (Wildman–Crippen MR) is 112 cm³/mol. The van der Waals surface area contributed by atoms with Crippen LogP contribution in [0.3, 0.4) is 0 Å². The molecule has 11 heteroatoms. The van der Waals surface area contributed by atoms with Crippen LogP contribution in [0.1, 0.15) is 28.2 Å². The number of hydrogen-bond donors (Lipinski definition) is 3. The molecule has 0 saturated carbocycles. The zero-order valence-electron chi connectivity index (χ0n) is 15.8. The van der Waals surface area contributed by atoms with Crippen LogP contribution < -0.4 is 15.8 Å². The number of aromatic nitrogens is 1. The van der Waals surface area contributed by atoms with E-state index in [1.165, 1.54) is 29.7 Å². The van der Waals surface area contributed by atoms with Crippen molar-refractivity contribution >= 4 is 38.3 Å². The summed E-state index contributed by atoms with van der Waals surface area (Å²) in [5.74, 6) is -0.300. The lowest BCUT2D eigenvalue weighted by atomic mass is 10.1. The van der Waals surface area contributed by atoms with Crippen LogP contribution in [0, 0.1) is 0 Å². The number of benzene rings is 1. The first-order valence-corrected chi connectivity index (χ1v) is 11.4. The van der Waals surface area contributed by atoms with Gasteiger partial charge in [-0.1, -0.05) is 12.1 Å². The van der Waals surface area contributed by atoms with E-state index in [2.05, 4.69) is 15.6 Å². The standard InChI is InChI=1S/C19H20N4O5S2/c20-30(26,27)15-6-3-13(4-7-15)9-10-21-17(24)8-5-14-12-29-19(22-14)23-18(25)16-2-1-11-28-16/h1-4,6-7,11-12H,5,8-10H2,(H,21,24)(H2,20,26,27)(H,22,23,25). The van der Waals surface area contributed by atoms with Crippen molar-refractivity contribution in [3.63, 3.8) is 0 Å². The monoisotopic (exact) mass is 448 g/mol. The van der Waals surface area contributed by atoms with Gasteiger partial charge in [-0.25, -0.2) is 18.5 Å². The largest absolute Gasteiger partial charge is 0.459 e. The van der Waals surface area contributed by atoms with Gasteiger partial charge in [0.25, 0.3) is 5.91 Å². The number of primary sulfonamides is 1. The molecule has 0 radical (unpaired) electrons. The van der Waals surface area contributed by atoms with E-state index in [1.807, 2.05) is 0 Å². The van der Waals surface area contributed by atoms with Gasteiger partial charge in [0.15, 0.2) is 10.9 Å². The number of nitrogens with zero attached hydrogens (tertiary/aromatic N) is 1. The van der Waals surface area contributed by atoms with Gasteiger partial charge in [0, 0.05) is 18.3 Å². The molecule has 2 aromatic heterocycles. The quantitative estimate of drug-likeness (QED) is 0.456. The summed E-state index contributed by atoms with van der Waals surface area (Å²) in [6.45, 7) is 0.426. The van der Waals surface area contributed by atoms with E-state index in [0.29, 0.717) is 30.2 Å². The highest BCUT2D eigenvalue weighted by atomic mass is 32.2. The maximum atomic E-state index is 12.0. The highest BCUT2D eigenvalue weighted by molar-refractivity contribution is 7.89. The van der Waals surface area contributed by atoms with Crippen molar-refractivity contribution in [2.24, 2.45) is 5.14 Å². The molecule has 9 nitrogen and oxygen atoms in total. The van der Waals surface area contributed by atoms with Crippen LogP contribution in [-0.2, 0) is 27.7 Å². The van der Waals surface area contributed by atoms with E-state index in [0.717, 1.165) is 5.56 Å². The number of furan rings is 1. The molecule has 3 aromatic rings. The lowest BCUT2D eigenvalue weighted by Crippen LogP contribution is -2.25. The Morgan fingerprint density at radius 1 is 1.13 bits per heavy atom. The Morgan fingerprint density at radius 3 is 2.57 bits per heavy atom. The van der Waals surface area contributed by atoms with E-state index in [4.69, 9.17) is 9.56 Å². The van der Waals surface area contributed by atoms with Crippen molar-refractivity contribution in [1.29, 1.82) is 0 Å². The average Bonchev–Trinajstić information content (AvgIpc) is 3.38. The lowest BCUT2D eigenvalue weighted by Gasteiger charge is -2.06. The summed E-state index contributed by atoms with van der Waals surface area (Å²) in [7, 11) is -3.71. The van der Waals surface area contributed by atoms with E-state index < -0.39 is 10.0 Å². The fraction of sp³-hybridized carbons (Fsp3) is 0.211. The Kier molecular flexibility index (Phi) is 6.98. The topological polar surface area (TPSA) is 144 Å². The molecular weight excluding hydrogens is 428 g/mol. The van der Waals surface area contributed by atoms with Gasteiger partial charge in [-0.3, -0.25) is 14.9 Å². The van der Waals surface area contributed by atoms with Gasteiger partial charge in [0.2, 0.25) is 15.9 Å². The molecule has 158 valence electrons. The summed E-state index contributed by atoms with van der Waals surface area (Å²) in [6.07, 6.45) is 2.69. The summed E-state index contributed by atoms with van der Waals surface area (Å²) in [6, 6.07) is 9.40. The molecule has 30 heavy (non-hydrogen) atoms. The first kappa shape index (κ1) is 21.7. The number of aryl methyl sites for hydroxylation is 1. The first-order valence-electron chi connectivity index (χ1n) is 8.99. The molecule has 0 unspecified atom stereocenters. The fourth-order valence-electron chi connectivity index (χ4n) is 2.57. The van der Waals surface area contributed by atoms with E-state index in [1.54, 1.807) is 29.6 Å². The van der Waals surface area contributed by atoms with Crippen molar-refractivity contribution in [3.8, 4) is 0 Å². The van der Waals surface area contributed by atoms with E-state index in [-0.39, 0.29) is 28.9 Å². The van der Waals surface area contributed by atoms with E-state index in [9.17, 15) is 18.0 Å². The number of hydrogen-bond acceptors (Lipinski definition) is 7. The smallest absolute Gasteiger partial charge is 0.293 e. The predicted octanol–water partition coefficient (Wildman–Crippen LogP) is 1.93. The average molecular weight is 449 g/mol. The molecule has 2 heterocycles. The number of thiazole rings is 1. The van der Waals surface area contributed by atoms with Crippen molar-refractivity contribution < 1.29 is 22.4 Å². The van der Waals surface area contributed by atoms with Gasteiger partial charge in [0.1, 0.15) is 0 Å². The maximum absolute atomic E-state index is 12.0. The minimum Gasteiger partial charge on any atom is -0.459 e. The molecule has 3 rings (SSSR count). The van der Waals surface area contributed by atoms with Crippen molar-refractivity contribution in [1.82, 2.24) is 10.3 Å². The first-order chi connectivity index (χ1) is 14.3. The molecule has 2 amide bonds. The van der Waals surface area contributed by atoms with Crippen LogP contribution >= 0.6 is 11.3 Å². The SMILES string of the molecule is NS(=O)(=O)c1ccc(CCNC(=O)CCc2csc(NC(=O)c3ccco3)n2)cc1. The molecule has 0 saturated heterocycles. The van der Waals surface area contributed by atoms with Gasteiger partial charge in [-0.15, -0.1) is 11.3 Å². The van der Waals surface area contributed by atoms with Crippen LogP contribution in [0.15, 0.2) is 57.4 Å². The third-order valence-corrected chi connectivity index (χ3v) is 5.85. The Morgan fingerprint density at radius 2 is 1.90 bits per heavy atom. The van der Waals surface area contributed by atoms with Crippen LogP contribution in [0.2, 0.25) is 0 Å². The van der Waals surface area contributed by atoms with Crippen molar-refractivity contribution in [2.75, 3.05) is 11.9 Å². The number of sulfonamides is 1. The van der Waals surface area contributed by atoms with Crippen LogP contribution in [-0.4, -0.2) is 31.8 Å². The molecule has 0 bridgehead atoms. The van der Waals surface area contributed by atoms with E-state index >= 15 is 0 Å². The third kappa shape index (κ3) is 6.24. The Bertz CT molecular complexity index is 1110. The molecule has 0 fully saturated rings. The van der Waals surface area contributed by atoms with Crippen LogP contribution in [0.4, 0.5) is 5.13 Å². The van der Waals surface area contributed by atoms with Crippen molar-refractivity contribution in [2.45, 2.75) is 24.2 Å². The second-order valence-electron chi connectivity index (χ2n) is 6.36. The molecule has 0 spiro atoms. The number of rotatable bonds is 9. The molecule has 0 aliphatic heterocycles. The Labute approximate surface area is 177 Å². The molecule has 0 aliphatic carbocycles. The highest BCUT2D eigenvalue weighted by Crippen LogP contribution is 2.17. The van der Waals surface area contributed by atoms with Gasteiger partial charge in [-0.2, -0.15) is 0 Å². The summed E-state index contributed by atoms with van der Waals surface area (Å²) >= 11 is 1.28. The van der Waals surface area contributed by atoms with Gasteiger partial charge >= 0.3 is 0 Å². The third-order valence-electron chi connectivity index (χ3n) is 4.11. The summed E-state index contributed by atoms with van der Waals surface area (Å²) in [5.41, 5.74) is 1.60. The number of anilines is 1. The van der Waals surface area contributed by atoms with Gasteiger partial charge in [0.05, 0.1) is 16.9 Å². The van der Waals surface area contributed by atoms with Gasteiger partial charge in [-0.05, 0) is 42.7 Å².